The van der Waals surface area contributed by atoms with Crippen LogP contribution in [0, 0.1) is 11.3 Å². The van der Waals surface area contributed by atoms with Gasteiger partial charge in [-0.1, -0.05) is 18.2 Å². The Balaban J connectivity index is 1.87. The number of benzene rings is 2. The molecule has 0 aromatic heterocycles. The van der Waals surface area contributed by atoms with Gasteiger partial charge in [0, 0.05) is 12.6 Å². The van der Waals surface area contributed by atoms with Crippen molar-refractivity contribution in [1.29, 1.82) is 5.26 Å². The molecule has 8 heteroatoms. The smallest absolute Gasteiger partial charge is 0.329 e. The van der Waals surface area contributed by atoms with Crippen molar-refractivity contribution in [2.75, 3.05) is 13.7 Å². The molecule has 146 valence electrons. The van der Waals surface area contributed by atoms with E-state index in [0.29, 0.717) is 18.4 Å². The lowest BCUT2D eigenvalue weighted by Crippen LogP contribution is -2.49. The number of piperidine rings is 1. The molecule has 1 heterocycles. The second-order valence-corrected chi connectivity index (χ2v) is 8.23. The van der Waals surface area contributed by atoms with Gasteiger partial charge in [0.05, 0.1) is 23.6 Å². The Hall–Kier alpha value is -2.89. The van der Waals surface area contributed by atoms with E-state index in [-0.39, 0.29) is 22.9 Å². The van der Waals surface area contributed by atoms with Crippen molar-refractivity contribution < 1.29 is 22.7 Å². The Morgan fingerprint density at radius 3 is 2.57 bits per heavy atom. The Bertz CT molecular complexity index is 999. The average Bonchev–Trinajstić information content (AvgIpc) is 2.74. The number of hydrogen-bond donors (Lipinski definition) is 0. The zero-order valence-corrected chi connectivity index (χ0v) is 16.2. The van der Waals surface area contributed by atoms with E-state index in [0.717, 1.165) is 6.42 Å². The van der Waals surface area contributed by atoms with Crippen molar-refractivity contribution in [3.63, 3.8) is 0 Å². The number of nitriles is 1. The SMILES string of the molecule is COc1cc(C#N)ccc1OC(=O)C1CCCCN1S(=O)(=O)c1ccccc1. The first kappa shape index (κ1) is 19.9. The summed E-state index contributed by atoms with van der Waals surface area (Å²) >= 11 is 0. The maximum absolute atomic E-state index is 13.0. The molecule has 0 spiro atoms. The molecule has 0 bridgehead atoms. The van der Waals surface area contributed by atoms with Crippen LogP contribution in [-0.2, 0) is 14.8 Å². The molecule has 0 radical (unpaired) electrons. The quantitative estimate of drug-likeness (QED) is 0.565. The second kappa shape index (κ2) is 8.42. The number of methoxy groups -OCH3 is 1. The molecule has 1 aliphatic heterocycles. The number of rotatable bonds is 5. The first-order valence-electron chi connectivity index (χ1n) is 8.84. The lowest BCUT2D eigenvalue weighted by molar-refractivity contribution is -0.139. The van der Waals surface area contributed by atoms with Crippen LogP contribution in [0.4, 0.5) is 0 Å². The van der Waals surface area contributed by atoms with E-state index in [1.165, 1.54) is 41.7 Å². The predicted molar refractivity (Wildman–Crippen MR) is 101 cm³/mol. The lowest BCUT2D eigenvalue weighted by atomic mass is 10.1. The van der Waals surface area contributed by atoms with Gasteiger partial charge in [0.15, 0.2) is 11.5 Å². The molecule has 1 aliphatic rings. The van der Waals surface area contributed by atoms with Crippen LogP contribution in [0.15, 0.2) is 53.4 Å². The number of sulfonamides is 1. The first-order valence-corrected chi connectivity index (χ1v) is 10.3. The fourth-order valence-corrected chi connectivity index (χ4v) is 4.82. The first-order chi connectivity index (χ1) is 13.5. The standard InChI is InChI=1S/C20H20N2O5S/c1-26-19-13-15(14-21)10-11-18(19)27-20(23)17-9-5-6-12-22(17)28(24,25)16-7-3-2-4-8-16/h2-4,7-8,10-11,13,17H,5-6,9,12H2,1H3. The number of esters is 1. The molecule has 2 aromatic carbocycles. The molecule has 1 fully saturated rings. The van der Waals surface area contributed by atoms with Gasteiger partial charge in [-0.2, -0.15) is 9.57 Å². The van der Waals surface area contributed by atoms with Crippen LogP contribution in [0.3, 0.4) is 0 Å². The summed E-state index contributed by atoms with van der Waals surface area (Å²) in [5, 5.41) is 8.98. The molecule has 1 unspecified atom stereocenters. The average molecular weight is 400 g/mol. The van der Waals surface area contributed by atoms with Crippen LogP contribution >= 0.6 is 0 Å². The van der Waals surface area contributed by atoms with E-state index in [1.807, 2.05) is 6.07 Å². The van der Waals surface area contributed by atoms with Crippen LogP contribution in [0.2, 0.25) is 0 Å². The monoisotopic (exact) mass is 400 g/mol. The third-order valence-electron chi connectivity index (χ3n) is 4.58. The number of hydrogen-bond acceptors (Lipinski definition) is 6. The number of carbonyl (C=O) groups is 1. The normalized spacial score (nSPS) is 17.5. The Morgan fingerprint density at radius 2 is 1.89 bits per heavy atom. The van der Waals surface area contributed by atoms with Gasteiger partial charge < -0.3 is 9.47 Å². The summed E-state index contributed by atoms with van der Waals surface area (Å²) in [4.78, 5) is 13.0. The highest BCUT2D eigenvalue weighted by Gasteiger charge is 2.39. The Labute approximate surface area is 164 Å². The summed E-state index contributed by atoms with van der Waals surface area (Å²) < 4.78 is 37.9. The highest BCUT2D eigenvalue weighted by atomic mass is 32.2. The van der Waals surface area contributed by atoms with Gasteiger partial charge >= 0.3 is 5.97 Å². The van der Waals surface area contributed by atoms with Crippen molar-refractivity contribution in [2.24, 2.45) is 0 Å². The van der Waals surface area contributed by atoms with Gasteiger partial charge in [0.1, 0.15) is 6.04 Å². The molecule has 0 N–H and O–H groups in total. The van der Waals surface area contributed by atoms with Crippen LogP contribution in [-0.4, -0.2) is 38.4 Å². The van der Waals surface area contributed by atoms with E-state index < -0.39 is 22.0 Å². The van der Waals surface area contributed by atoms with Crippen LogP contribution in [0.5, 0.6) is 11.5 Å². The van der Waals surface area contributed by atoms with E-state index in [2.05, 4.69) is 0 Å². The zero-order valence-electron chi connectivity index (χ0n) is 15.4. The topological polar surface area (TPSA) is 96.7 Å². The van der Waals surface area contributed by atoms with Gasteiger partial charge in [0.2, 0.25) is 10.0 Å². The molecule has 28 heavy (non-hydrogen) atoms. The number of carbonyl (C=O) groups excluding carboxylic acids is 1. The Morgan fingerprint density at radius 1 is 1.14 bits per heavy atom. The number of nitrogens with zero attached hydrogens (tertiary/aromatic N) is 2. The van der Waals surface area contributed by atoms with E-state index in [1.54, 1.807) is 18.2 Å². The summed E-state index contributed by atoms with van der Waals surface area (Å²) in [5.74, 6) is -0.281. The molecular weight excluding hydrogens is 380 g/mol. The van der Waals surface area contributed by atoms with E-state index >= 15 is 0 Å². The molecule has 1 saturated heterocycles. The van der Waals surface area contributed by atoms with Crippen LogP contribution in [0.1, 0.15) is 24.8 Å². The number of ether oxygens (including phenoxy) is 2. The van der Waals surface area contributed by atoms with Crippen LogP contribution in [0.25, 0.3) is 0 Å². The predicted octanol–water partition coefficient (Wildman–Crippen LogP) is 2.72. The molecule has 0 aliphatic carbocycles. The molecule has 1 atom stereocenters. The van der Waals surface area contributed by atoms with Crippen molar-refractivity contribution >= 4 is 16.0 Å². The third-order valence-corrected chi connectivity index (χ3v) is 6.50. The van der Waals surface area contributed by atoms with Gasteiger partial charge in [-0.15, -0.1) is 0 Å². The third kappa shape index (κ3) is 4.01. The minimum absolute atomic E-state index is 0.144. The highest BCUT2D eigenvalue weighted by Crippen LogP contribution is 2.31. The fraction of sp³-hybridized carbons (Fsp3) is 0.300. The summed E-state index contributed by atoms with van der Waals surface area (Å²) in [5.41, 5.74) is 0.364. The Kier molecular flexibility index (Phi) is 5.97. The summed E-state index contributed by atoms with van der Waals surface area (Å²) in [6, 6.07) is 13.5. The molecule has 7 nitrogen and oxygen atoms in total. The maximum Gasteiger partial charge on any atom is 0.329 e. The molecular formula is C20H20N2O5S. The lowest BCUT2D eigenvalue weighted by Gasteiger charge is -2.33. The van der Waals surface area contributed by atoms with Gasteiger partial charge in [-0.3, -0.25) is 0 Å². The van der Waals surface area contributed by atoms with Gasteiger partial charge in [-0.25, -0.2) is 13.2 Å². The van der Waals surface area contributed by atoms with Crippen LogP contribution < -0.4 is 9.47 Å². The van der Waals surface area contributed by atoms with Crippen molar-refractivity contribution in [3.05, 3.63) is 54.1 Å². The largest absolute Gasteiger partial charge is 0.493 e. The second-order valence-electron chi connectivity index (χ2n) is 6.34. The zero-order chi connectivity index (χ0) is 20.1. The van der Waals surface area contributed by atoms with Crippen molar-refractivity contribution in [2.45, 2.75) is 30.2 Å². The fourth-order valence-electron chi connectivity index (χ4n) is 3.15. The highest BCUT2D eigenvalue weighted by molar-refractivity contribution is 7.89. The van der Waals surface area contributed by atoms with Gasteiger partial charge in [0.25, 0.3) is 0 Å². The van der Waals surface area contributed by atoms with Gasteiger partial charge in [-0.05, 0) is 43.5 Å². The molecule has 0 saturated carbocycles. The summed E-state index contributed by atoms with van der Waals surface area (Å²) in [6.07, 6.45) is 1.78. The maximum atomic E-state index is 13.0. The minimum atomic E-state index is -3.82. The van der Waals surface area contributed by atoms with Crippen molar-refractivity contribution in [1.82, 2.24) is 4.31 Å². The molecule has 3 rings (SSSR count). The van der Waals surface area contributed by atoms with Crippen molar-refractivity contribution in [3.8, 4) is 17.6 Å². The van der Waals surface area contributed by atoms with E-state index in [9.17, 15) is 13.2 Å². The molecule has 2 aromatic rings. The molecule has 0 amide bonds. The summed E-state index contributed by atoms with van der Waals surface area (Å²) in [7, 11) is -2.41. The minimum Gasteiger partial charge on any atom is -0.493 e. The summed E-state index contributed by atoms with van der Waals surface area (Å²) in [6.45, 7) is 0.251. The van der Waals surface area contributed by atoms with E-state index in [4.69, 9.17) is 14.7 Å².